The highest BCUT2D eigenvalue weighted by molar-refractivity contribution is 5.98. The highest BCUT2D eigenvalue weighted by Gasteiger charge is 2.22. The second kappa shape index (κ2) is 9.37. The number of hydrogen-bond donors (Lipinski definition) is 3. The van der Waals surface area contributed by atoms with Crippen LogP contribution in [0.25, 0.3) is 33.4 Å². The van der Waals surface area contributed by atoms with Crippen molar-refractivity contribution in [2.24, 2.45) is 0 Å². The topological polar surface area (TPSA) is 125 Å². The third-order valence-corrected chi connectivity index (χ3v) is 5.53. The summed E-state index contributed by atoms with van der Waals surface area (Å²) in [7, 11) is 0. The number of carbonyl (C=O) groups excluding carboxylic acids is 2. The van der Waals surface area contributed by atoms with Gasteiger partial charge in [-0.1, -0.05) is 6.07 Å². The molecule has 10 nitrogen and oxygen atoms in total. The van der Waals surface area contributed by atoms with Crippen LogP contribution in [0.3, 0.4) is 0 Å². The molecule has 0 bridgehead atoms. The van der Waals surface area contributed by atoms with Crippen molar-refractivity contribution in [2.75, 3.05) is 25.0 Å². The van der Waals surface area contributed by atoms with Gasteiger partial charge in [-0.3, -0.25) is 20.2 Å². The van der Waals surface area contributed by atoms with Crippen LogP contribution in [0, 0.1) is 5.82 Å². The minimum atomic E-state index is -0.488. The first-order valence-electron chi connectivity index (χ1n) is 11.1. The number of amides is 3. The lowest BCUT2D eigenvalue weighted by atomic mass is 10.0. The van der Waals surface area contributed by atoms with Crippen LogP contribution in [0.5, 0.6) is 0 Å². The van der Waals surface area contributed by atoms with Gasteiger partial charge in [-0.05, 0) is 42.8 Å². The SMILES string of the molecule is CCNC(=O)Nc1nc2c(-c3ncccc3F)cc(-c3ccc(CN4CCOC4=O)nc3)cc2[nH]1. The number of benzene rings is 1. The van der Waals surface area contributed by atoms with Crippen molar-refractivity contribution in [1.82, 2.24) is 30.2 Å². The molecule has 5 rings (SSSR count). The molecule has 1 aliphatic rings. The Labute approximate surface area is 199 Å². The van der Waals surface area contributed by atoms with Gasteiger partial charge in [0.1, 0.15) is 23.6 Å². The number of halogens is 1. The Hall–Kier alpha value is -4.54. The van der Waals surface area contributed by atoms with E-state index in [-0.39, 0.29) is 17.7 Å². The number of pyridine rings is 2. The Bertz CT molecular complexity index is 1400. The van der Waals surface area contributed by atoms with Gasteiger partial charge >= 0.3 is 12.1 Å². The van der Waals surface area contributed by atoms with Crippen LogP contribution < -0.4 is 10.6 Å². The van der Waals surface area contributed by atoms with Gasteiger partial charge < -0.3 is 15.0 Å². The van der Waals surface area contributed by atoms with E-state index < -0.39 is 11.8 Å². The van der Waals surface area contributed by atoms with Gasteiger partial charge in [-0.15, -0.1) is 0 Å². The minimum Gasteiger partial charge on any atom is -0.448 e. The zero-order chi connectivity index (χ0) is 24.4. The van der Waals surface area contributed by atoms with E-state index in [1.807, 2.05) is 25.1 Å². The van der Waals surface area contributed by atoms with Gasteiger partial charge in [-0.2, -0.15) is 0 Å². The summed E-state index contributed by atoms with van der Waals surface area (Å²) in [5, 5.41) is 5.29. The van der Waals surface area contributed by atoms with Gasteiger partial charge in [0.05, 0.1) is 24.3 Å². The van der Waals surface area contributed by atoms with E-state index in [1.54, 1.807) is 17.2 Å². The maximum Gasteiger partial charge on any atom is 0.410 e. The van der Waals surface area contributed by atoms with Crippen LogP contribution in [0.2, 0.25) is 0 Å². The normalized spacial score (nSPS) is 13.2. The van der Waals surface area contributed by atoms with E-state index in [4.69, 9.17) is 4.74 Å². The van der Waals surface area contributed by atoms with E-state index in [0.717, 1.165) is 16.8 Å². The zero-order valence-corrected chi connectivity index (χ0v) is 18.8. The van der Waals surface area contributed by atoms with Crippen molar-refractivity contribution >= 4 is 29.1 Å². The lowest BCUT2D eigenvalue weighted by Gasteiger charge is -2.12. The highest BCUT2D eigenvalue weighted by atomic mass is 19.1. The van der Waals surface area contributed by atoms with Crippen molar-refractivity contribution < 1.29 is 18.7 Å². The fraction of sp³-hybridized carbons (Fsp3) is 0.208. The van der Waals surface area contributed by atoms with Crippen molar-refractivity contribution in [3.63, 3.8) is 0 Å². The van der Waals surface area contributed by atoms with Crippen molar-refractivity contribution in [1.29, 1.82) is 0 Å². The maximum atomic E-state index is 14.7. The molecule has 0 saturated carbocycles. The summed E-state index contributed by atoms with van der Waals surface area (Å²) in [6.07, 6.45) is 2.86. The van der Waals surface area contributed by atoms with Crippen LogP contribution in [0.1, 0.15) is 12.6 Å². The molecule has 178 valence electrons. The molecule has 3 amide bonds. The second-order valence-electron chi connectivity index (χ2n) is 7.90. The first-order valence-corrected chi connectivity index (χ1v) is 11.1. The third-order valence-electron chi connectivity index (χ3n) is 5.53. The number of H-pyrrole nitrogens is 1. The average Bonchev–Trinajstić information content (AvgIpc) is 3.44. The number of ether oxygens (including phenoxy) is 1. The van der Waals surface area contributed by atoms with Gasteiger partial charge in [0.25, 0.3) is 0 Å². The molecule has 1 fully saturated rings. The number of rotatable bonds is 6. The number of aromatic nitrogens is 4. The zero-order valence-electron chi connectivity index (χ0n) is 18.8. The maximum absolute atomic E-state index is 14.7. The number of imidazole rings is 1. The Morgan fingerprint density at radius 3 is 2.83 bits per heavy atom. The fourth-order valence-corrected chi connectivity index (χ4v) is 3.87. The molecule has 0 radical (unpaired) electrons. The predicted molar refractivity (Wildman–Crippen MR) is 127 cm³/mol. The number of nitrogens with one attached hydrogen (secondary N) is 3. The van der Waals surface area contributed by atoms with Gasteiger partial charge in [0.15, 0.2) is 0 Å². The molecule has 4 aromatic rings. The van der Waals surface area contributed by atoms with Crippen LogP contribution >= 0.6 is 0 Å². The lowest BCUT2D eigenvalue weighted by molar-refractivity contribution is 0.157. The molecule has 1 aromatic carbocycles. The van der Waals surface area contributed by atoms with Crippen LogP contribution in [0.4, 0.5) is 19.9 Å². The summed E-state index contributed by atoms with van der Waals surface area (Å²) in [6, 6.07) is 9.81. The molecule has 11 heteroatoms. The number of cyclic esters (lactones) is 1. The number of nitrogens with zero attached hydrogens (tertiary/aromatic N) is 4. The quantitative estimate of drug-likeness (QED) is 0.388. The molecule has 1 saturated heterocycles. The Kier molecular flexibility index (Phi) is 5.96. The number of anilines is 1. The first-order chi connectivity index (χ1) is 17.0. The van der Waals surface area contributed by atoms with Crippen molar-refractivity contribution in [3.05, 3.63) is 60.3 Å². The standard InChI is InChI=1S/C24H22FN7O3/c1-2-26-23(33)31-22-29-19-11-15(10-17(21(19)30-22)20-18(25)4-3-7-27-20)14-5-6-16(28-12-14)13-32-8-9-35-24(32)34/h3-7,10-12H,2,8-9,13H2,1H3,(H3,26,29,30,31,33). The summed E-state index contributed by atoms with van der Waals surface area (Å²) >= 11 is 0. The molecule has 0 spiro atoms. The van der Waals surface area contributed by atoms with E-state index in [1.165, 1.54) is 18.3 Å². The molecule has 0 unspecified atom stereocenters. The number of fused-ring (bicyclic) bond motifs is 1. The van der Waals surface area contributed by atoms with E-state index in [2.05, 4.69) is 30.6 Å². The Balaban J connectivity index is 1.53. The molecular weight excluding hydrogens is 453 g/mol. The predicted octanol–water partition coefficient (Wildman–Crippen LogP) is 3.92. The van der Waals surface area contributed by atoms with Crippen LogP contribution in [-0.4, -0.2) is 56.7 Å². The summed E-state index contributed by atoms with van der Waals surface area (Å²) in [5.74, 6) is -0.259. The van der Waals surface area contributed by atoms with Gasteiger partial charge in [0.2, 0.25) is 5.95 Å². The van der Waals surface area contributed by atoms with Gasteiger partial charge in [-0.25, -0.2) is 19.0 Å². The monoisotopic (exact) mass is 475 g/mol. The molecular formula is C24H22FN7O3. The van der Waals surface area contributed by atoms with E-state index in [0.29, 0.717) is 42.8 Å². The second-order valence-corrected chi connectivity index (χ2v) is 7.90. The number of carbonyl (C=O) groups is 2. The Morgan fingerprint density at radius 1 is 1.23 bits per heavy atom. The number of aromatic amines is 1. The summed E-state index contributed by atoms with van der Waals surface area (Å²) in [5.41, 5.74) is 3.94. The average molecular weight is 475 g/mol. The molecule has 4 heterocycles. The summed E-state index contributed by atoms with van der Waals surface area (Å²) in [6.45, 7) is 3.54. The fourth-order valence-electron chi connectivity index (χ4n) is 3.87. The third kappa shape index (κ3) is 4.60. The van der Waals surface area contributed by atoms with E-state index in [9.17, 15) is 14.0 Å². The number of hydrogen-bond acceptors (Lipinski definition) is 6. The summed E-state index contributed by atoms with van der Waals surface area (Å²) in [4.78, 5) is 41.5. The molecule has 35 heavy (non-hydrogen) atoms. The molecule has 0 atom stereocenters. The van der Waals surface area contributed by atoms with Crippen molar-refractivity contribution in [2.45, 2.75) is 13.5 Å². The van der Waals surface area contributed by atoms with Crippen LogP contribution in [-0.2, 0) is 11.3 Å². The molecule has 3 N–H and O–H groups in total. The van der Waals surface area contributed by atoms with Crippen molar-refractivity contribution in [3.8, 4) is 22.4 Å². The molecule has 0 aliphatic carbocycles. The highest BCUT2D eigenvalue weighted by Crippen LogP contribution is 2.34. The minimum absolute atomic E-state index is 0.146. The molecule has 1 aliphatic heterocycles. The molecule has 3 aromatic heterocycles. The number of urea groups is 1. The smallest absolute Gasteiger partial charge is 0.410 e. The summed E-state index contributed by atoms with van der Waals surface area (Å²) < 4.78 is 19.7. The van der Waals surface area contributed by atoms with E-state index >= 15 is 0 Å². The van der Waals surface area contributed by atoms with Gasteiger partial charge in [0, 0.05) is 30.1 Å². The Morgan fingerprint density at radius 2 is 2.11 bits per heavy atom. The lowest BCUT2D eigenvalue weighted by Crippen LogP contribution is -2.28. The largest absolute Gasteiger partial charge is 0.448 e. The first kappa shape index (κ1) is 22.3. The van der Waals surface area contributed by atoms with Crippen LogP contribution in [0.15, 0.2) is 48.8 Å².